The van der Waals surface area contributed by atoms with Crippen molar-refractivity contribution >= 4 is 5.91 Å². The Bertz CT molecular complexity index is 748. The second-order valence-electron chi connectivity index (χ2n) is 6.58. The van der Waals surface area contributed by atoms with E-state index in [1.165, 1.54) is 0 Å². The van der Waals surface area contributed by atoms with Gasteiger partial charge < -0.3 is 18.7 Å². The van der Waals surface area contributed by atoms with Crippen LogP contribution in [-0.4, -0.2) is 45.3 Å². The highest BCUT2D eigenvalue weighted by atomic mass is 16.5. The van der Waals surface area contributed by atoms with Crippen LogP contribution in [0.15, 0.2) is 9.05 Å². The third-order valence-corrected chi connectivity index (χ3v) is 4.87. The third-order valence-electron chi connectivity index (χ3n) is 4.87. The van der Waals surface area contributed by atoms with Gasteiger partial charge in [-0.05, 0) is 33.6 Å². The molecule has 0 spiro atoms. The molecule has 0 aliphatic carbocycles. The minimum atomic E-state index is -0.171. The molecule has 0 bridgehead atoms. The summed E-state index contributed by atoms with van der Waals surface area (Å²) >= 11 is 0. The molecule has 4 heterocycles. The number of rotatable bonds is 2. The van der Waals surface area contributed by atoms with Gasteiger partial charge in [-0.1, -0.05) is 10.3 Å². The molecule has 2 aliphatic heterocycles. The van der Waals surface area contributed by atoms with E-state index >= 15 is 0 Å². The van der Waals surface area contributed by atoms with Crippen LogP contribution in [0.3, 0.4) is 0 Å². The van der Waals surface area contributed by atoms with Gasteiger partial charge in [-0.3, -0.25) is 4.79 Å². The van der Waals surface area contributed by atoms with Crippen molar-refractivity contribution in [1.82, 2.24) is 20.2 Å². The fraction of sp³-hybridized carbons (Fsp3) is 0.625. The van der Waals surface area contributed by atoms with Gasteiger partial charge in [0.25, 0.3) is 11.8 Å². The van der Waals surface area contributed by atoms with Crippen molar-refractivity contribution in [3.8, 4) is 0 Å². The van der Waals surface area contributed by atoms with Crippen LogP contribution in [0, 0.1) is 26.7 Å². The fourth-order valence-electron chi connectivity index (χ4n) is 3.69. The molecule has 0 radical (unpaired) electrons. The van der Waals surface area contributed by atoms with E-state index in [1.54, 1.807) is 20.8 Å². The predicted molar refractivity (Wildman–Crippen MR) is 81.3 cm³/mol. The minimum Gasteiger partial charge on any atom is -0.365 e. The van der Waals surface area contributed by atoms with Crippen LogP contribution in [0.25, 0.3) is 0 Å². The SMILES string of the molecule is Cc1noc([C@@H]2C[C@@H]3CN(C(=O)c4c(C)noc4C)CC[C@H]3O2)n1. The van der Waals surface area contributed by atoms with E-state index in [1.807, 2.05) is 4.90 Å². The van der Waals surface area contributed by atoms with Gasteiger partial charge in [0, 0.05) is 19.0 Å². The lowest BCUT2D eigenvalue weighted by Gasteiger charge is -2.34. The molecule has 2 aromatic rings. The van der Waals surface area contributed by atoms with Gasteiger partial charge in [-0.25, -0.2) is 0 Å². The van der Waals surface area contributed by atoms with Crippen LogP contribution in [0.4, 0.5) is 0 Å². The average Bonchev–Trinajstić information content (AvgIpc) is 3.25. The summed E-state index contributed by atoms with van der Waals surface area (Å²) in [5.41, 5.74) is 1.22. The number of aryl methyl sites for hydroxylation is 3. The highest BCUT2D eigenvalue weighted by Crippen LogP contribution is 2.40. The van der Waals surface area contributed by atoms with Crippen molar-refractivity contribution in [3.63, 3.8) is 0 Å². The van der Waals surface area contributed by atoms with E-state index < -0.39 is 0 Å². The number of ether oxygens (including phenoxy) is 1. The second kappa shape index (κ2) is 5.70. The summed E-state index contributed by atoms with van der Waals surface area (Å²) in [7, 11) is 0. The summed E-state index contributed by atoms with van der Waals surface area (Å²) in [5, 5.41) is 7.70. The number of aromatic nitrogens is 3. The zero-order valence-electron chi connectivity index (χ0n) is 14.0. The number of hydrogen-bond acceptors (Lipinski definition) is 7. The molecule has 3 atom stereocenters. The van der Waals surface area contributed by atoms with E-state index in [0.717, 1.165) is 12.8 Å². The smallest absolute Gasteiger partial charge is 0.259 e. The quantitative estimate of drug-likeness (QED) is 0.829. The van der Waals surface area contributed by atoms with Crippen LogP contribution in [0.5, 0.6) is 0 Å². The molecule has 24 heavy (non-hydrogen) atoms. The van der Waals surface area contributed by atoms with E-state index in [9.17, 15) is 4.79 Å². The number of fused-ring (bicyclic) bond motifs is 1. The summed E-state index contributed by atoms with van der Waals surface area (Å²) in [6.45, 7) is 6.69. The molecular weight excluding hydrogens is 312 g/mol. The van der Waals surface area contributed by atoms with Crippen LogP contribution < -0.4 is 0 Å². The van der Waals surface area contributed by atoms with Gasteiger partial charge >= 0.3 is 0 Å². The van der Waals surface area contributed by atoms with Crippen molar-refractivity contribution < 1.29 is 18.6 Å². The maximum absolute atomic E-state index is 12.8. The first-order chi connectivity index (χ1) is 11.5. The van der Waals surface area contributed by atoms with Crippen molar-refractivity contribution in [2.45, 2.75) is 45.8 Å². The number of likely N-dealkylation sites (tertiary alicyclic amines) is 1. The van der Waals surface area contributed by atoms with Gasteiger partial charge in [0.15, 0.2) is 5.82 Å². The molecular formula is C16H20N4O4. The Balaban J connectivity index is 1.47. The van der Waals surface area contributed by atoms with Gasteiger partial charge in [0.1, 0.15) is 17.4 Å². The van der Waals surface area contributed by atoms with Crippen LogP contribution in [0.2, 0.25) is 0 Å². The Morgan fingerprint density at radius 1 is 1.21 bits per heavy atom. The molecule has 128 valence electrons. The van der Waals surface area contributed by atoms with Crippen LogP contribution >= 0.6 is 0 Å². The zero-order chi connectivity index (χ0) is 16.8. The number of piperidine rings is 1. The maximum Gasteiger partial charge on any atom is 0.259 e. The molecule has 0 unspecified atom stereocenters. The van der Waals surface area contributed by atoms with Gasteiger partial charge in [0.05, 0.1) is 11.8 Å². The number of carbonyl (C=O) groups excluding carboxylic acids is 1. The van der Waals surface area contributed by atoms with Gasteiger partial charge in [-0.15, -0.1) is 0 Å². The number of carbonyl (C=O) groups is 1. The summed E-state index contributed by atoms with van der Waals surface area (Å²) in [6, 6.07) is 0. The molecule has 2 aromatic heterocycles. The minimum absolute atomic E-state index is 0.0122. The van der Waals surface area contributed by atoms with E-state index in [4.69, 9.17) is 13.8 Å². The molecule has 8 nitrogen and oxygen atoms in total. The molecule has 1 amide bonds. The number of hydrogen-bond donors (Lipinski definition) is 0. The maximum atomic E-state index is 12.8. The molecule has 2 fully saturated rings. The lowest BCUT2D eigenvalue weighted by molar-refractivity contribution is -0.00780. The molecule has 0 aromatic carbocycles. The zero-order valence-corrected chi connectivity index (χ0v) is 14.0. The summed E-state index contributed by atoms with van der Waals surface area (Å²) in [6.07, 6.45) is 1.56. The van der Waals surface area contributed by atoms with Crippen molar-refractivity contribution in [2.75, 3.05) is 13.1 Å². The lowest BCUT2D eigenvalue weighted by Crippen LogP contribution is -2.44. The van der Waals surface area contributed by atoms with Crippen molar-refractivity contribution in [1.29, 1.82) is 0 Å². The highest BCUT2D eigenvalue weighted by molar-refractivity contribution is 5.96. The first kappa shape index (κ1) is 15.3. The number of amides is 1. The average molecular weight is 332 g/mol. The van der Waals surface area contributed by atoms with Crippen LogP contribution in [-0.2, 0) is 4.74 Å². The summed E-state index contributed by atoms with van der Waals surface area (Å²) in [5.74, 6) is 1.98. The monoisotopic (exact) mass is 332 g/mol. The number of nitrogens with zero attached hydrogens (tertiary/aromatic N) is 4. The first-order valence-electron chi connectivity index (χ1n) is 8.20. The van der Waals surface area contributed by atoms with Gasteiger partial charge in [0.2, 0.25) is 0 Å². The molecule has 2 aliphatic rings. The Kier molecular flexibility index (Phi) is 3.64. The largest absolute Gasteiger partial charge is 0.365 e. The summed E-state index contributed by atoms with van der Waals surface area (Å²) < 4.78 is 16.4. The van der Waals surface area contributed by atoms with Gasteiger partial charge in [-0.2, -0.15) is 4.98 Å². The van der Waals surface area contributed by atoms with E-state index in [2.05, 4.69) is 15.3 Å². The second-order valence-corrected chi connectivity index (χ2v) is 6.58. The normalized spacial score (nSPS) is 26.6. The summed E-state index contributed by atoms with van der Waals surface area (Å²) in [4.78, 5) is 18.9. The van der Waals surface area contributed by atoms with E-state index in [0.29, 0.717) is 41.8 Å². The highest BCUT2D eigenvalue weighted by Gasteiger charge is 2.43. The Morgan fingerprint density at radius 2 is 2.04 bits per heavy atom. The third kappa shape index (κ3) is 2.50. The van der Waals surface area contributed by atoms with Crippen molar-refractivity contribution in [2.24, 2.45) is 5.92 Å². The Labute approximate surface area is 139 Å². The standard InChI is InChI=1S/C16H20N4O4/c1-8-14(9(2)23-18-8)16(21)20-5-4-12-11(7-20)6-13(22-12)15-17-10(3)19-24-15/h11-13H,4-7H2,1-3H3/t11-,12-,13+/m1/s1. The fourth-order valence-corrected chi connectivity index (χ4v) is 3.69. The topological polar surface area (TPSA) is 94.5 Å². The molecule has 0 N–H and O–H groups in total. The molecule has 4 rings (SSSR count). The molecule has 0 saturated carbocycles. The Hall–Kier alpha value is -2.22. The van der Waals surface area contributed by atoms with Crippen LogP contribution in [0.1, 0.15) is 52.5 Å². The first-order valence-corrected chi connectivity index (χ1v) is 8.20. The van der Waals surface area contributed by atoms with E-state index in [-0.39, 0.29) is 24.0 Å². The molecule has 2 saturated heterocycles. The lowest BCUT2D eigenvalue weighted by atomic mass is 9.92. The molecule has 8 heteroatoms. The predicted octanol–water partition coefficient (Wildman–Crippen LogP) is 1.98. The Morgan fingerprint density at radius 3 is 2.71 bits per heavy atom. The van der Waals surface area contributed by atoms with Crippen molar-refractivity contribution in [3.05, 3.63) is 28.7 Å².